The molecule has 0 aliphatic rings. The second kappa shape index (κ2) is 6.60. The Kier molecular flexibility index (Phi) is 4.81. The summed E-state index contributed by atoms with van der Waals surface area (Å²) in [5.74, 6) is -0.207. The standard InChI is InChI=1S/C18H23N3O/c1-5-13-6-8-14(9-7-13)20-17(22)16-12-15(10-11-19-16)21-18(2,3)4/h6-12H,5H2,1-4H3,(H,19,21)(H,20,22). The van der Waals surface area contributed by atoms with Gasteiger partial charge in [-0.15, -0.1) is 0 Å². The number of pyridine rings is 1. The molecule has 1 aromatic heterocycles. The van der Waals surface area contributed by atoms with Gasteiger partial charge in [0.05, 0.1) is 0 Å². The third-order valence-corrected chi connectivity index (χ3v) is 3.13. The van der Waals surface area contributed by atoms with Gasteiger partial charge in [0.1, 0.15) is 5.69 Å². The zero-order valence-electron chi connectivity index (χ0n) is 13.6. The molecule has 0 radical (unpaired) electrons. The molecule has 0 bridgehead atoms. The normalized spacial score (nSPS) is 11.1. The minimum absolute atomic E-state index is 0.0644. The molecular weight excluding hydrogens is 274 g/mol. The van der Waals surface area contributed by atoms with Gasteiger partial charge in [-0.2, -0.15) is 0 Å². The number of hydrogen-bond acceptors (Lipinski definition) is 3. The topological polar surface area (TPSA) is 54.0 Å². The summed E-state index contributed by atoms with van der Waals surface area (Å²) in [5, 5.41) is 6.21. The van der Waals surface area contributed by atoms with Crippen molar-refractivity contribution in [1.29, 1.82) is 0 Å². The lowest BCUT2D eigenvalue weighted by Gasteiger charge is -2.22. The van der Waals surface area contributed by atoms with E-state index >= 15 is 0 Å². The summed E-state index contributed by atoms with van der Waals surface area (Å²) in [6.45, 7) is 8.32. The quantitative estimate of drug-likeness (QED) is 0.893. The summed E-state index contributed by atoms with van der Waals surface area (Å²) in [6, 6.07) is 11.5. The van der Waals surface area contributed by atoms with E-state index in [4.69, 9.17) is 0 Å². The first kappa shape index (κ1) is 16.0. The average molecular weight is 297 g/mol. The minimum atomic E-state index is -0.207. The van der Waals surface area contributed by atoms with Crippen molar-refractivity contribution in [2.75, 3.05) is 10.6 Å². The van der Waals surface area contributed by atoms with Crippen LogP contribution in [0.15, 0.2) is 42.6 Å². The van der Waals surface area contributed by atoms with Crippen LogP contribution in [-0.2, 0) is 6.42 Å². The lowest BCUT2D eigenvalue weighted by atomic mass is 10.1. The fraction of sp³-hybridized carbons (Fsp3) is 0.333. The molecule has 22 heavy (non-hydrogen) atoms. The van der Waals surface area contributed by atoms with Crippen LogP contribution in [0.1, 0.15) is 43.7 Å². The fourth-order valence-electron chi connectivity index (χ4n) is 2.08. The molecule has 4 heteroatoms. The third kappa shape index (κ3) is 4.58. The number of rotatable bonds is 4. The number of hydrogen-bond donors (Lipinski definition) is 2. The number of amides is 1. The van der Waals surface area contributed by atoms with Gasteiger partial charge in [0.25, 0.3) is 5.91 Å². The summed E-state index contributed by atoms with van der Waals surface area (Å²) in [6.07, 6.45) is 2.62. The molecule has 0 spiro atoms. The molecule has 116 valence electrons. The highest BCUT2D eigenvalue weighted by molar-refractivity contribution is 6.03. The Morgan fingerprint density at radius 2 is 1.77 bits per heavy atom. The summed E-state index contributed by atoms with van der Waals surface area (Å²) >= 11 is 0. The molecule has 1 aromatic carbocycles. The Bertz CT molecular complexity index is 642. The molecule has 1 heterocycles. The van der Waals surface area contributed by atoms with Crippen LogP contribution in [0.3, 0.4) is 0 Å². The molecular formula is C18H23N3O. The fourth-order valence-corrected chi connectivity index (χ4v) is 2.08. The van der Waals surface area contributed by atoms with E-state index in [2.05, 4.69) is 43.3 Å². The van der Waals surface area contributed by atoms with Crippen molar-refractivity contribution < 1.29 is 4.79 Å². The van der Waals surface area contributed by atoms with Gasteiger partial charge < -0.3 is 10.6 Å². The van der Waals surface area contributed by atoms with Crippen LogP contribution in [0.5, 0.6) is 0 Å². The first-order valence-electron chi connectivity index (χ1n) is 7.52. The molecule has 0 atom stereocenters. The first-order valence-corrected chi connectivity index (χ1v) is 7.52. The smallest absolute Gasteiger partial charge is 0.274 e. The lowest BCUT2D eigenvalue weighted by Crippen LogP contribution is -2.26. The lowest BCUT2D eigenvalue weighted by molar-refractivity contribution is 0.102. The Balaban J connectivity index is 2.10. The molecule has 1 amide bonds. The third-order valence-electron chi connectivity index (χ3n) is 3.13. The summed E-state index contributed by atoms with van der Waals surface area (Å²) in [5.41, 5.74) is 3.24. The average Bonchev–Trinajstić information content (AvgIpc) is 2.46. The van der Waals surface area contributed by atoms with Crippen LogP contribution in [0.2, 0.25) is 0 Å². The Labute approximate surface area is 132 Å². The van der Waals surface area contributed by atoms with Crippen LogP contribution < -0.4 is 10.6 Å². The zero-order valence-corrected chi connectivity index (χ0v) is 13.6. The van der Waals surface area contributed by atoms with Crippen molar-refractivity contribution in [3.05, 3.63) is 53.9 Å². The maximum atomic E-state index is 12.3. The van der Waals surface area contributed by atoms with Gasteiger partial charge in [0.15, 0.2) is 0 Å². The number of nitrogens with zero attached hydrogens (tertiary/aromatic N) is 1. The van der Waals surface area contributed by atoms with Crippen LogP contribution in [0.4, 0.5) is 11.4 Å². The number of aromatic nitrogens is 1. The Morgan fingerprint density at radius 1 is 1.09 bits per heavy atom. The molecule has 0 aliphatic carbocycles. The van der Waals surface area contributed by atoms with E-state index in [0.717, 1.165) is 17.8 Å². The van der Waals surface area contributed by atoms with Gasteiger partial charge in [0.2, 0.25) is 0 Å². The van der Waals surface area contributed by atoms with Crippen LogP contribution in [-0.4, -0.2) is 16.4 Å². The molecule has 0 saturated heterocycles. The maximum absolute atomic E-state index is 12.3. The van der Waals surface area contributed by atoms with Crippen molar-refractivity contribution in [2.24, 2.45) is 0 Å². The van der Waals surface area contributed by atoms with Crippen molar-refractivity contribution in [3.63, 3.8) is 0 Å². The van der Waals surface area contributed by atoms with E-state index in [0.29, 0.717) is 5.69 Å². The number of anilines is 2. The summed E-state index contributed by atoms with van der Waals surface area (Å²) < 4.78 is 0. The Morgan fingerprint density at radius 3 is 2.36 bits per heavy atom. The number of carbonyl (C=O) groups is 1. The van der Waals surface area contributed by atoms with Crippen molar-refractivity contribution >= 4 is 17.3 Å². The van der Waals surface area contributed by atoms with Crippen molar-refractivity contribution in [2.45, 2.75) is 39.7 Å². The van der Waals surface area contributed by atoms with Crippen LogP contribution in [0.25, 0.3) is 0 Å². The molecule has 2 aromatic rings. The van der Waals surface area contributed by atoms with E-state index in [1.807, 2.05) is 30.3 Å². The highest BCUT2D eigenvalue weighted by atomic mass is 16.1. The molecule has 2 rings (SSSR count). The van der Waals surface area contributed by atoms with Gasteiger partial charge in [-0.1, -0.05) is 19.1 Å². The van der Waals surface area contributed by atoms with Gasteiger partial charge in [0, 0.05) is 23.1 Å². The zero-order chi connectivity index (χ0) is 16.2. The van der Waals surface area contributed by atoms with Crippen LogP contribution in [0, 0.1) is 0 Å². The van der Waals surface area contributed by atoms with E-state index in [1.54, 1.807) is 12.3 Å². The van der Waals surface area contributed by atoms with Crippen molar-refractivity contribution in [1.82, 2.24) is 4.98 Å². The van der Waals surface area contributed by atoms with E-state index < -0.39 is 0 Å². The second-order valence-electron chi connectivity index (χ2n) is 6.31. The monoisotopic (exact) mass is 297 g/mol. The largest absolute Gasteiger partial charge is 0.380 e. The minimum Gasteiger partial charge on any atom is -0.380 e. The predicted octanol–water partition coefficient (Wildman–Crippen LogP) is 4.11. The molecule has 4 nitrogen and oxygen atoms in total. The molecule has 0 unspecified atom stereocenters. The SMILES string of the molecule is CCc1ccc(NC(=O)c2cc(NC(C)(C)C)ccn2)cc1. The maximum Gasteiger partial charge on any atom is 0.274 e. The van der Waals surface area contributed by atoms with E-state index in [1.165, 1.54) is 5.56 Å². The molecule has 2 N–H and O–H groups in total. The number of aryl methyl sites for hydroxylation is 1. The van der Waals surface area contributed by atoms with Gasteiger partial charge in [-0.3, -0.25) is 9.78 Å². The van der Waals surface area contributed by atoms with Crippen LogP contribution >= 0.6 is 0 Å². The first-order chi connectivity index (χ1) is 10.4. The number of nitrogens with one attached hydrogen (secondary N) is 2. The van der Waals surface area contributed by atoms with Crippen molar-refractivity contribution in [3.8, 4) is 0 Å². The van der Waals surface area contributed by atoms with Gasteiger partial charge >= 0.3 is 0 Å². The second-order valence-corrected chi connectivity index (χ2v) is 6.31. The summed E-state index contributed by atoms with van der Waals surface area (Å²) in [4.78, 5) is 16.4. The van der Waals surface area contributed by atoms with E-state index in [9.17, 15) is 4.79 Å². The predicted molar refractivity (Wildman–Crippen MR) is 91.4 cm³/mol. The Hall–Kier alpha value is -2.36. The summed E-state index contributed by atoms with van der Waals surface area (Å²) in [7, 11) is 0. The molecule has 0 saturated carbocycles. The number of carbonyl (C=O) groups excluding carboxylic acids is 1. The molecule has 0 aliphatic heterocycles. The highest BCUT2D eigenvalue weighted by Gasteiger charge is 2.12. The van der Waals surface area contributed by atoms with E-state index in [-0.39, 0.29) is 11.4 Å². The highest BCUT2D eigenvalue weighted by Crippen LogP contribution is 2.16. The van der Waals surface area contributed by atoms with Gasteiger partial charge in [-0.25, -0.2) is 0 Å². The van der Waals surface area contributed by atoms with Gasteiger partial charge in [-0.05, 0) is 57.0 Å². The number of benzene rings is 1. The molecule has 0 fully saturated rings.